The maximum atomic E-state index is 13.6. The number of nitrogens with zero attached hydrogens (tertiary/aromatic N) is 1. The van der Waals surface area contributed by atoms with Crippen LogP contribution in [0, 0.1) is 18.7 Å². The van der Waals surface area contributed by atoms with Crippen LogP contribution in [-0.4, -0.2) is 34.7 Å². The largest absolute Gasteiger partial charge is 0.472 e. The summed E-state index contributed by atoms with van der Waals surface area (Å²) in [5, 5.41) is 0.919. The Hall–Kier alpha value is -2.86. The molecule has 1 spiro atoms. The zero-order chi connectivity index (χ0) is 24.4. The number of aryl methyl sites for hydroxylation is 1. The van der Waals surface area contributed by atoms with E-state index in [4.69, 9.17) is 9.47 Å². The predicted octanol–water partition coefficient (Wildman–Crippen LogP) is 6.23. The minimum absolute atomic E-state index is 0.201. The summed E-state index contributed by atoms with van der Waals surface area (Å²) in [4.78, 5) is 19.6. The number of fused-ring (bicyclic) bond motifs is 3. The topological polar surface area (TPSA) is 54.6 Å². The molecule has 5 nitrogen and oxygen atoms in total. The minimum atomic E-state index is -0.901. The number of carbonyl (C=O) groups excluding carboxylic acids is 1. The van der Waals surface area contributed by atoms with Crippen LogP contribution in [0.15, 0.2) is 36.4 Å². The van der Waals surface area contributed by atoms with Crippen molar-refractivity contribution in [2.45, 2.75) is 70.6 Å². The van der Waals surface area contributed by atoms with Crippen molar-refractivity contribution >= 4 is 16.9 Å². The van der Waals surface area contributed by atoms with Crippen molar-refractivity contribution in [3.8, 4) is 5.75 Å². The third-order valence-corrected chi connectivity index (χ3v) is 8.41. The first-order valence-corrected chi connectivity index (χ1v) is 12.9. The highest BCUT2D eigenvalue weighted by Crippen LogP contribution is 2.50. The van der Waals surface area contributed by atoms with Gasteiger partial charge in [0.15, 0.2) is 5.72 Å². The van der Waals surface area contributed by atoms with Crippen LogP contribution in [0.3, 0.4) is 0 Å². The van der Waals surface area contributed by atoms with Gasteiger partial charge in [0.2, 0.25) is 0 Å². The normalized spacial score (nSPS) is 24.3. The fraction of sp³-hybridized carbons (Fsp3) is 0.483. The van der Waals surface area contributed by atoms with Crippen LogP contribution in [0.25, 0.3) is 10.9 Å². The van der Waals surface area contributed by atoms with Crippen molar-refractivity contribution in [1.29, 1.82) is 0 Å². The smallest absolute Gasteiger partial charge is 0.341 e. The molecule has 3 aliphatic rings. The lowest BCUT2D eigenvalue weighted by Gasteiger charge is -2.56. The number of benzene rings is 2. The van der Waals surface area contributed by atoms with Gasteiger partial charge in [0.1, 0.15) is 17.2 Å². The summed E-state index contributed by atoms with van der Waals surface area (Å²) < 4.78 is 26.4. The molecule has 6 heteroatoms. The molecule has 2 fully saturated rings. The number of piperidine rings is 2. The Morgan fingerprint density at radius 2 is 1.91 bits per heavy atom. The molecule has 2 aromatic carbocycles. The minimum Gasteiger partial charge on any atom is -0.472 e. The van der Waals surface area contributed by atoms with Crippen LogP contribution in [0.2, 0.25) is 0 Å². The first kappa shape index (κ1) is 22.6. The van der Waals surface area contributed by atoms with Gasteiger partial charge in [-0.15, -0.1) is 0 Å². The van der Waals surface area contributed by atoms with Gasteiger partial charge >= 0.3 is 5.97 Å². The Morgan fingerprint density at radius 1 is 1.14 bits per heavy atom. The van der Waals surface area contributed by atoms with Crippen molar-refractivity contribution < 1.29 is 18.7 Å². The van der Waals surface area contributed by atoms with Crippen LogP contribution in [0.5, 0.6) is 5.75 Å². The molecule has 1 N–H and O–H groups in total. The lowest BCUT2D eigenvalue weighted by atomic mass is 9.74. The summed E-state index contributed by atoms with van der Waals surface area (Å²) in [7, 11) is 0. The Morgan fingerprint density at radius 3 is 2.71 bits per heavy atom. The summed E-state index contributed by atoms with van der Waals surface area (Å²) in [6.45, 7) is 7.80. The molecule has 0 aliphatic carbocycles. The van der Waals surface area contributed by atoms with E-state index in [-0.39, 0.29) is 17.5 Å². The highest BCUT2D eigenvalue weighted by atomic mass is 19.1. The second-order valence-corrected chi connectivity index (χ2v) is 10.9. The molecule has 6 rings (SSSR count). The maximum Gasteiger partial charge on any atom is 0.341 e. The van der Waals surface area contributed by atoms with Gasteiger partial charge in [0, 0.05) is 47.6 Å². The Labute approximate surface area is 205 Å². The molecular weight excluding hydrogens is 443 g/mol. The first-order valence-electron chi connectivity index (χ1n) is 12.9. The monoisotopic (exact) mass is 476 g/mol. The summed E-state index contributed by atoms with van der Waals surface area (Å²) in [6, 6.07) is 10.2. The summed E-state index contributed by atoms with van der Waals surface area (Å²) in [5.74, 6) is 0.629. The van der Waals surface area contributed by atoms with Crippen LogP contribution < -0.4 is 4.74 Å². The number of aromatic amines is 1. The second kappa shape index (κ2) is 8.09. The van der Waals surface area contributed by atoms with Gasteiger partial charge in [0.25, 0.3) is 0 Å². The molecule has 2 saturated heterocycles. The van der Waals surface area contributed by atoms with E-state index in [1.807, 2.05) is 26.8 Å². The Kier molecular flexibility index (Phi) is 5.22. The molecule has 1 aromatic heterocycles. The highest BCUT2D eigenvalue weighted by Gasteiger charge is 2.52. The number of carbonyl (C=O) groups is 1. The molecule has 35 heavy (non-hydrogen) atoms. The number of hydrogen-bond acceptors (Lipinski definition) is 4. The van der Waals surface area contributed by atoms with Gasteiger partial charge in [-0.1, -0.05) is 12.1 Å². The predicted molar refractivity (Wildman–Crippen MR) is 133 cm³/mol. The molecule has 2 atom stereocenters. The molecule has 2 unspecified atom stereocenters. The molecule has 184 valence electrons. The van der Waals surface area contributed by atoms with E-state index in [0.717, 1.165) is 65.8 Å². The third-order valence-electron chi connectivity index (χ3n) is 8.41. The zero-order valence-electron chi connectivity index (χ0n) is 20.7. The molecule has 0 amide bonds. The maximum absolute atomic E-state index is 13.6. The quantitative estimate of drug-likeness (QED) is 0.455. The van der Waals surface area contributed by atoms with Crippen molar-refractivity contribution in [2.75, 3.05) is 13.1 Å². The number of H-pyrrole nitrogens is 1. The molecule has 0 radical (unpaired) electrons. The van der Waals surface area contributed by atoms with Crippen molar-refractivity contribution in [2.24, 2.45) is 5.92 Å². The van der Waals surface area contributed by atoms with Crippen LogP contribution >= 0.6 is 0 Å². The molecule has 4 heterocycles. The van der Waals surface area contributed by atoms with E-state index in [2.05, 4.69) is 16.0 Å². The van der Waals surface area contributed by atoms with Crippen molar-refractivity contribution in [3.05, 3.63) is 64.6 Å². The number of halogens is 1. The number of rotatable bonds is 3. The Bertz CT molecular complexity index is 1290. The van der Waals surface area contributed by atoms with Crippen LogP contribution in [0.4, 0.5) is 4.39 Å². The van der Waals surface area contributed by atoms with Gasteiger partial charge in [0.05, 0.1) is 5.56 Å². The SMILES string of the molecule is Cc1[nH]c2ccc3c(c2c1C(=O)OC(C)(C)c1ccc(F)cc1)CC1CCCN2CCCCC12O3. The average Bonchev–Trinajstić information content (AvgIpc) is 3.18. The number of aromatic nitrogens is 1. The van der Waals surface area contributed by atoms with Crippen molar-refractivity contribution in [3.63, 3.8) is 0 Å². The summed E-state index contributed by atoms with van der Waals surface area (Å²) in [6.07, 6.45) is 6.75. The summed E-state index contributed by atoms with van der Waals surface area (Å²) >= 11 is 0. The molecule has 0 saturated carbocycles. The van der Waals surface area contributed by atoms with E-state index in [9.17, 15) is 9.18 Å². The number of hydrogen-bond donors (Lipinski definition) is 1. The zero-order valence-corrected chi connectivity index (χ0v) is 20.7. The molecule has 0 bridgehead atoms. The van der Waals surface area contributed by atoms with E-state index >= 15 is 0 Å². The number of ether oxygens (including phenoxy) is 2. The van der Waals surface area contributed by atoms with E-state index in [1.54, 1.807) is 12.1 Å². The van der Waals surface area contributed by atoms with Gasteiger partial charge in [-0.2, -0.15) is 0 Å². The van der Waals surface area contributed by atoms with E-state index in [1.165, 1.54) is 31.4 Å². The number of nitrogens with one attached hydrogen (secondary N) is 1. The lowest BCUT2D eigenvalue weighted by Crippen LogP contribution is -2.64. The fourth-order valence-corrected chi connectivity index (χ4v) is 6.66. The number of esters is 1. The van der Waals surface area contributed by atoms with Crippen LogP contribution in [-0.2, 0) is 16.8 Å². The second-order valence-electron chi connectivity index (χ2n) is 10.9. The van der Waals surface area contributed by atoms with Crippen LogP contribution in [0.1, 0.15) is 73.1 Å². The van der Waals surface area contributed by atoms with Gasteiger partial charge in [-0.3, -0.25) is 4.90 Å². The lowest BCUT2D eigenvalue weighted by molar-refractivity contribution is -0.177. The molecule has 3 aromatic rings. The van der Waals surface area contributed by atoms with Gasteiger partial charge < -0.3 is 14.5 Å². The Balaban J connectivity index is 1.39. The first-order chi connectivity index (χ1) is 16.8. The van der Waals surface area contributed by atoms with E-state index < -0.39 is 5.60 Å². The third kappa shape index (κ3) is 3.56. The summed E-state index contributed by atoms with van der Waals surface area (Å²) in [5.41, 5.74) is 3.05. The molecule has 3 aliphatic heterocycles. The van der Waals surface area contributed by atoms with Crippen molar-refractivity contribution in [1.82, 2.24) is 9.88 Å². The van der Waals surface area contributed by atoms with Gasteiger partial charge in [-0.25, -0.2) is 9.18 Å². The average molecular weight is 477 g/mol. The molecular formula is C29H33FN2O3. The highest BCUT2D eigenvalue weighted by molar-refractivity contribution is 6.07. The van der Waals surface area contributed by atoms with E-state index in [0.29, 0.717) is 11.5 Å². The standard InChI is InChI=1S/C29H33FN2O3/c1-18-25(27(33)35-28(2,3)19-8-10-21(30)11-9-19)26-22-17-20-7-6-16-32-15-5-4-14-29(20,32)34-24(22)13-12-23(26)31-18/h8-13,20,31H,4-7,14-17H2,1-3H3. The fourth-order valence-electron chi connectivity index (χ4n) is 6.66. The van der Waals surface area contributed by atoms with Gasteiger partial charge in [-0.05, 0) is 82.7 Å².